The minimum atomic E-state index is -0.379. The second-order valence-corrected chi connectivity index (χ2v) is 4.78. The molecular formula is C14H15FN4O. The van der Waals surface area contributed by atoms with Crippen molar-refractivity contribution in [2.24, 2.45) is 0 Å². The average molecular weight is 274 g/mol. The Kier molecular flexibility index (Phi) is 3.14. The Hall–Kier alpha value is -2.37. The van der Waals surface area contributed by atoms with E-state index < -0.39 is 0 Å². The number of rotatable bonds is 4. The van der Waals surface area contributed by atoms with Crippen molar-refractivity contribution in [2.75, 3.05) is 18.2 Å². The van der Waals surface area contributed by atoms with Crippen LogP contribution in [-0.2, 0) is 0 Å². The molecule has 3 rings (SSSR count). The van der Waals surface area contributed by atoms with Crippen molar-refractivity contribution in [1.82, 2.24) is 9.97 Å². The molecule has 0 unspecified atom stereocenters. The van der Waals surface area contributed by atoms with E-state index in [-0.39, 0.29) is 5.82 Å². The zero-order chi connectivity index (χ0) is 14.1. The van der Waals surface area contributed by atoms with Gasteiger partial charge in [0.25, 0.3) is 0 Å². The molecule has 2 aromatic rings. The van der Waals surface area contributed by atoms with Crippen LogP contribution < -0.4 is 15.8 Å². The molecular weight excluding hydrogens is 259 g/mol. The highest BCUT2D eigenvalue weighted by molar-refractivity contribution is 5.61. The summed E-state index contributed by atoms with van der Waals surface area (Å²) in [5.74, 6) is 2.17. The SMILES string of the molecule is COc1ccc(F)c(Nc2cc(N)nc(C3CC3)n2)c1. The van der Waals surface area contributed by atoms with Gasteiger partial charge in [-0.2, -0.15) is 0 Å². The van der Waals surface area contributed by atoms with Crippen molar-refractivity contribution in [3.63, 3.8) is 0 Å². The number of benzene rings is 1. The first-order valence-electron chi connectivity index (χ1n) is 6.41. The number of nitrogens with two attached hydrogens (primary N) is 1. The van der Waals surface area contributed by atoms with Crippen LogP contribution >= 0.6 is 0 Å². The van der Waals surface area contributed by atoms with Crippen molar-refractivity contribution in [3.05, 3.63) is 35.9 Å². The number of hydrogen-bond donors (Lipinski definition) is 2. The van der Waals surface area contributed by atoms with Crippen LogP contribution in [0.3, 0.4) is 0 Å². The lowest BCUT2D eigenvalue weighted by atomic mass is 10.3. The van der Waals surface area contributed by atoms with Crippen LogP contribution in [0.1, 0.15) is 24.6 Å². The molecule has 0 bridgehead atoms. The molecule has 1 aliphatic carbocycles. The number of ether oxygens (including phenoxy) is 1. The molecule has 5 nitrogen and oxygen atoms in total. The van der Waals surface area contributed by atoms with Gasteiger partial charge in [-0.3, -0.25) is 0 Å². The molecule has 0 saturated heterocycles. The average Bonchev–Trinajstić information content (AvgIpc) is 3.25. The van der Waals surface area contributed by atoms with E-state index in [2.05, 4.69) is 15.3 Å². The maximum atomic E-state index is 13.8. The first kappa shape index (κ1) is 12.7. The lowest BCUT2D eigenvalue weighted by Gasteiger charge is -2.10. The first-order valence-corrected chi connectivity index (χ1v) is 6.41. The predicted octanol–water partition coefficient (Wildman–Crippen LogP) is 2.83. The van der Waals surface area contributed by atoms with Gasteiger partial charge in [0.15, 0.2) is 0 Å². The normalized spacial score (nSPS) is 14.1. The topological polar surface area (TPSA) is 73.1 Å². The summed E-state index contributed by atoms with van der Waals surface area (Å²) >= 11 is 0. The summed E-state index contributed by atoms with van der Waals surface area (Å²) in [5, 5.41) is 2.92. The molecule has 3 N–H and O–H groups in total. The van der Waals surface area contributed by atoms with Crippen molar-refractivity contribution in [1.29, 1.82) is 0 Å². The molecule has 0 amide bonds. The van der Waals surface area contributed by atoms with Crippen LogP contribution in [0.15, 0.2) is 24.3 Å². The van der Waals surface area contributed by atoms with E-state index in [4.69, 9.17) is 10.5 Å². The molecule has 104 valence electrons. The van der Waals surface area contributed by atoms with E-state index in [1.807, 2.05) is 0 Å². The van der Waals surface area contributed by atoms with Crippen LogP contribution in [0.5, 0.6) is 5.75 Å². The van der Waals surface area contributed by atoms with Crippen molar-refractivity contribution >= 4 is 17.3 Å². The maximum absolute atomic E-state index is 13.8. The van der Waals surface area contributed by atoms with Gasteiger partial charge in [0.1, 0.15) is 29.0 Å². The number of methoxy groups -OCH3 is 1. The van der Waals surface area contributed by atoms with Gasteiger partial charge in [-0.25, -0.2) is 14.4 Å². The first-order chi connectivity index (χ1) is 9.65. The van der Waals surface area contributed by atoms with E-state index >= 15 is 0 Å². The van der Waals surface area contributed by atoms with E-state index in [9.17, 15) is 4.39 Å². The largest absolute Gasteiger partial charge is 0.497 e. The minimum absolute atomic E-state index is 0.296. The van der Waals surface area contributed by atoms with E-state index in [0.717, 1.165) is 18.7 Å². The molecule has 20 heavy (non-hydrogen) atoms. The Balaban J connectivity index is 1.90. The monoisotopic (exact) mass is 274 g/mol. The Labute approximate surface area is 116 Å². The van der Waals surface area contributed by atoms with Gasteiger partial charge in [-0.05, 0) is 25.0 Å². The molecule has 1 aromatic carbocycles. The number of anilines is 3. The fourth-order valence-corrected chi connectivity index (χ4v) is 1.94. The van der Waals surface area contributed by atoms with Gasteiger partial charge in [0, 0.05) is 18.1 Å². The van der Waals surface area contributed by atoms with Crippen LogP contribution in [0.2, 0.25) is 0 Å². The molecule has 1 fully saturated rings. The van der Waals surface area contributed by atoms with Gasteiger partial charge in [0.2, 0.25) is 0 Å². The number of nitrogen functional groups attached to an aromatic ring is 1. The highest BCUT2D eigenvalue weighted by Gasteiger charge is 2.27. The van der Waals surface area contributed by atoms with Crippen molar-refractivity contribution < 1.29 is 9.13 Å². The third-order valence-corrected chi connectivity index (χ3v) is 3.14. The Bertz CT molecular complexity index is 643. The number of aromatic nitrogens is 2. The Morgan fingerprint density at radius 3 is 2.80 bits per heavy atom. The number of nitrogens with zero attached hydrogens (tertiary/aromatic N) is 2. The molecule has 1 saturated carbocycles. The second-order valence-electron chi connectivity index (χ2n) is 4.78. The predicted molar refractivity (Wildman–Crippen MR) is 74.7 cm³/mol. The lowest BCUT2D eigenvalue weighted by Crippen LogP contribution is -2.03. The molecule has 1 aromatic heterocycles. The van der Waals surface area contributed by atoms with Gasteiger partial charge < -0.3 is 15.8 Å². The van der Waals surface area contributed by atoms with Gasteiger partial charge >= 0.3 is 0 Å². The molecule has 1 aliphatic rings. The third kappa shape index (κ3) is 2.64. The molecule has 1 heterocycles. The fraction of sp³-hybridized carbons (Fsp3) is 0.286. The Morgan fingerprint density at radius 1 is 1.30 bits per heavy atom. The summed E-state index contributed by atoms with van der Waals surface area (Å²) in [5.41, 5.74) is 6.06. The van der Waals surface area contributed by atoms with Crippen LogP contribution in [-0.4, -0.2) is 17.1 Å². The molecule has 0 spiro atoms. The summed E-state index contributed by atoms with van der Waals surface area (Å²) in [7, 11) is 1.53. The number of halogens is 1. The summed E-state index contributed by atoms with van der Waals surface area (Å²) in [6.07, 6.45) is 2.16. The van der Waals surface area contributed by atoms with Crippen LogP contribution in [0.25, 0.3) is 0 Å². The zero-order valence-electron chi connectivity index (χ0n) is 11.1. The quantitative estimate of drug-likeness (QED) is 0.896. The van der Waals surface area contributed by atoms with E-state index in [1.165, 1.54) is 13.2 Å². The van der Waals surface area contributed by atoms with Gasteiger partial charge in [0.05, 0.1) is 12.8 Å². The molecule has 6 heteroatoms. The number of hydrogen-bond acceptors (Lipinski definition) is 5. The van der Waals surface area contributed by atoms with Gasteiger partial charge in [-0.1, -0.05) is 0 Å². The minimum Gasteiger partial charge on any atom is -0.497 e. The standard InChI is InChI=1S/C14H15FN4O/c1-20-9-4-5-10(15)11(6-9)17-13-7-12(16)18-14(19-13)8-2-3-8/h4-8H,2-3H2,1H3,(H3,16,17,18,19). The van der Waals surface area contributed by atoms with E-state index in [1.54, 1.807) is 18.2 Å². The summed E-state index contributed by atoms with van der Waals surface area (Å²) < 4.78 is 18.9. The highest BCUT2D eigenvalue weighted by atomic mass is 19.1. The van der Waals surface area contributed by atoms with Gasteiger partial charge in [-0.15, -0.1) is 0 Å². The summed E-state index contributed by atoms with van der Waals surface area (Å²) in [6.45, 7) is 0. The van der Waals surface area contributed by atoms with Crippen LogP contribution in [0, 0.1) is 5.82 Å². The summed E-state index contributed by atoms with van der Waals surface area (Å²) in [6, 6.07) is 6.06. The zero-order valence-corrected chi connectivity index (χ0v) is 11.1. The highest BCUT2D eigenvalue weighted by Crippen LogP contribution is 2.38. The second kappa shape index (κ2) is 4.96. The third-order valence-electron chi connectivity index (χ3n) is 3.14. The molecule has 0 aliphatic heterocycles. The summed E-state index contributed by atoms with van der Waals surface area (Å²) in [4.78, 5) is 8.58. The Morgan fingerprint density at radius 2 is 2.10 bits per heavy atom. The molecule has 0 radical (unpaired) electrons. The van der Waals surface area contributed by atoms with Crippen LogP contribution in [0.4, 0.5) is 21.7 Å². The maximum Gasteiger partial charge on any atom is 0.146 e. The van der Waals surface area contributed by atoms with Crippen molar-refractivity contribution in [3.8, 4) is 5.75 Å². The van der Waals surface area contributed by atoms with Crippen molar-refractivity contribution in [2.45, 2.75) is 18.8 Å². The van der Waals surface area contributed by atoms with E-state index in [0.29, 0.717) is 29.0 Å². The smallest absolute Gasteiger partial charge is 0.146 e. The lowest BCUT2D eigenvalue weighted by molar-refractivity contribution is 0.414. The fourth-order valence-electron chi connectivity index (χ4n) is 1.94. The molecule has 0 atom stereocenters. The number of nitrogens with one attached hydrogen (secondary N) is 1.